The van der Waals surface area contributed by atoms with E-state index >= 15 is 0 Å². The van der Waals surface area contributed by atoms with E-state index in [9.17, 15) is 19.2 Å². The van der Waals surface area contributed by atoms with Gasteiger partial charge in [0.25, 0.3) is 5.56 Å². The van der Waals surface area contributed by atoms with E-state index in [4.69, 9.17) is 14.6 Å². The smallest absolute Gasteiger partial charge is 0.330 e. The number of aromatic nitrogens is 2. The van der Waals surface area contributed by atoms with E-state index in [0.29, 0.717) is 12.0 Å². The number of nitrogens with zero attached hydrogens (tertiary/aromatic N) is 1. The number of ether oxygens (including phenoxy) is 2. The molecule has 222 valence electrons. The first-order chi connectivity index (χ1) is 20.8. The first-order valence-corrected chi connectivity index (χ1v) is 14.1. The van der Waals surface area contributed by atoms with Gasteiger partial charge in [-0.05, 0) is 23.6 Å². The monoisotopic (exact) mass is 583 g/mol. The average Bonchev–Trinajstić information content (AvgIpc) is 3.42. The maximum absolute atomic E-state index is 12.8. The van der Waals surface area contributed by atoms with Gasteiger partial charge in [0.2, 0.25) is 0 Å². The summed E-state index contributed by atoms with van der Waals surface area (Å²) in [7, 11) is 0. The quantitative estimate of drug-likeness (QED) is 0.180. The molecule has 3 atom stereocenters. The predicted octanol–water partition coefficient (Wildman–Crippen LogP) is 3.49. The van der Waals surface area contributed by atoms with Crippen molar-refractivity contribution >= 4 is 11.9 Å². The third-order valence-electron chi connectivity index (χ3n) is 7.67. The molecule has 10 nitrogen and oxygen atoms in total. The van der Waals surface area contributed by atoms with Crippen molar-refractivity contribution < 1.29 is 24.2 Å². The summed E-state index contributed by atoms with van der Waals surface area (Å²) in [6.45, 7) is 1.44. The SMILES string of the molecule is Cc1cn([C@H]2C[C@H](NC(c3ccccc3)(c3ccccc3)c3ccccc3)[C@@H](COC(=O)CCC(=O)O)O2)c(=O)[nH]c1=O. The number of rotatable bonds is 11. The lowest BCUT2D eigenvalue weighted by atomic mass is 9.76. The molecule has 0 amide bonds. The number of aliphatic carboxylic acids is 1. The van der Waals surface area contributed by atoms with Crippen molar-refractivity contribution in [1.29, 1.82) is 0 Å². The second-order valence-electron chi connectivity index (χ2n) is 10.5. The number of aromatic amines is 1. The average molecular weight is 584 g/mol. The van der Waals surface area contributed by atoms with E-state index in [1.54, 1.807) is 6.92 Å². The van der Waals surface area contributed by atoms with Gasteiger partial charge in [-0.25, -0.2) is 4.79 Å². The topological polar surface area (TPSA) is 140 Å². The van der Waals surface area contributed by atoms with Gasteiger partial charge in [-0.3, -0.25) is 29.3 Å². The fourth-order valence-corrected chi connectivity index (χ4v) is 5.56. The number of hydrogen-bond acceptors (Lipinski definition) is 7. The van der Waals surface area contributed by atoms with Crippen LogP contribution >= 0.6 is 0 Å². The van der Waals surface area contributed by atoms with Gasteiger partial charge in [0.15, 0.2) is 0 Å². The van der Waals surface area contributed by atoms with E-state index in [0.717, 1.165) is 16.7 Å². The number of carboxylic acid groups (broad SMARTS) is 1. The molecule has 5 rings (SSSR count). The molecule has 0 saturated carbocycles. The number of carboxylic acids is 1. The molecule has 1 aliphatic heterocycles. The predicted molar refractivity (Wildman–Crippen MR) is 159 cm³/mol. The first-order valence-electron chi connectivity index (χ1n) is 14.1. The van der Waals surface area contributed by atoms with Gasteiger partial charge in [0.1, 0.15) is 18.9 Å². The lowest BCUT2D eigenvalue weighted by molar-refractivity contribution is -0.151. The molecular formula is C33H33N3O7. The van der Waals surface area contributed by atoms with Crippen LogP contribution in [-0.4, -0.2) is 45.3 Å². The number of carbonyl (C=O) groups is 2. The maximum Gasteiger partial charge on any atom is 0.330 e. The molecule has 0 unspecified atom stereocenters. The zero-order valence-corrected chi connectivity index (χ0v) is 23.6. The number of benzene rings is 3. The maximum atomic E-state index is 12.8. The summed E-state index contributed by atoms with van der Waals surface area (Å²) in [6, 6.07) is 29.4. The van der Waals surface area contributed by atoms with Crippen LogP contribution < -0.4 is 16.6 Å². The van der Waals surface area contributed by atoms with Gasteiger partial charge in [-0.2, -0.15) is 0 Å². The molecule has 0 bridgehead atoms. The van der Waals surface area contributed by atoms with Gasteiger partial charge in [0, 0.05) is 24.2 Å². The highest BCUT2D eigenvalue weighted by molar-refractivity contribution is 5.76. The van der Waals surface area contributed by atoms with Crippen LogP contribution in [0.5, 0.6) is 0 Å². The molecule has 4 aromatic rings. The van der Waals surface area contributed by atoms with Crippen LogP contribution in [0.25, 0.3) is 0 Å². The molecule has 3 N–H and O–H groups in total. The Balaban J connectivity index is 1.58. The number of nitrogens with one attached hydrogen (secondary N) is 2. The highest BCUT2D eigenvalue weighted by Gasteiger charge is 2.45. The summed E-state index contributed by atoms with van der Waals surface area (Å²) in [5, 5.41) is 12.8. The molecule has 0 aliphatic carbocycles. The fourth-order valence-electron chi connectivity index (χ4n) is 5.56. The Morgan fingerprint density at radius 1 is 0.930 bits per heavy atom. The second-order valence-corrected chi connectivity index (χ2v) is 10.5. The Morgan fingerprint density at radius 2 is 1.47 bits per heavy atom. The number of hydrogen-bond donors (Lipinski definition) is 3. The molecular weight excluding hydrogens is 550 g/mol. The van der Waals surface area contributed by atoms with Gasteiger partial charge in [-0.1, -0.05) is 91.0 Å². The molecule has 1 fully saturated rings. The number of carbonyl (C=O) groups excluding carboxylic acids is 1. The second kappa shape index (κ2) is 13.0. The van der Waals surface area contributed by atoms with Crippen LogP contribution in [0, 0.1) is 6.92 Å². The summed E-state index contributed by atoms with van der Waals surface area (Å²) >= 11 is 0. The van der Waals surface area contributed by atoms with Crippen molar-refractivity contribution in [2.45, 2.75) is 50.1 Å². The Hall–Kier alpha value is -4.80. The summed E-state index contributed by atoms with van der Waals surface area (Å²) in [4.78, 5) is 50.6. The van der Waals surface area contributed by atoms with E-state index in [-0.39, 0.29) is 19.4 Å². The van der Waals surface area contributed by atoms with Crippen LogP contribution in [0.15, 0.2) is 107 Å². The molecule has 1 saturated heterocycles. The third kappa shape index (κ3) is 6.50. The Kier molecular flexibility index (Phi) is 8.98. The van der Waals surface area contributed by atoms with Crippen LogP contribution in [0.3, 0.4) is 0 Å². The Morgan fingerprint density at radius 3 is 1.98 bits per heavy atom. The van der Waals surface area contributed by atoms with Gasteiger partial charge in [-0.15, -0.1) is 0 Å². The summed E-state index contributed by atoms with van der Waals surface area (Å²) in [5.41, 5.74) is 1.28. The zero-order valence-electron chi connectivity index (χ0n) is 23.6. The van der Waals surface area contributed by atoms with Crippen molar-refractivity contribution in [2.75, 3.05) is 6.61 Å². The summed E-state index contributed by atoms with van der Waals surface area (Å²) in [5.74, 6) is -1.76. The van der Waals surface area contributed by atoms with Crippen molar-refractivity contribution in [3.05, 3.63) is 140 Å². The van der Waals surface area contributed by atoms with Gasteiger partial charge >= 0.3 is 17.6 Å². The van der Waals surface area contributed by atoms with Crippen LogP contribution in [-0.2, 0) is 24.6 Å². The zero-order chi connectivity index (χ0) is 30.4. The van der Waals surface area contributed by atoms with Crippen molar-refractivity contribution in [3.63, 3.8) is 0 Å². The highest BCUT2D eigenvalue weighted by atomic mass is 16.6. The van der Waals surface area contributed by atoms with Gasteiger partial charge < -0.3 is 14.6 Å². The van der Waals surface area contributed by atoms with Crippen LogP contribution in [0.1, 0.15) is 47.7 Å². The molecule has 2 heterocycles. The standard InChI is InChI=1S/C33H33N3O7/c1-22-20-36(32(41)34-31(22)40)28-19-26(27(43-28)21-42-30(39)18-17-29(37)38)35-33(23-11-5-2-6-12-23,24-13-7-3-8-14-24)25-15-9-4-10-16-25/h2-16,20,26-28,35H,17-19,21H2,1H3,(H,37,38)(H,34,40,41)/t26-,27+,28+/m0/s1. The number of esters is 1. The molecule has 0 radical (unpaired) electrons. The molecule has 1 aromatic heterocycles. The molecule has 43 heavy (non-hydrogen) atoms. The minimum Gasteiger partial charge on any atom is -0.481 e. The van der Waals surface area contributed by atoms with Crippen molar-refractivity contribution in [2.24, 2.45) is 0 Å². The van der Waals surface area contributed by atoms with E-state index in [1.165, 1.54) is 10.8 Å². The molecule has 3 aromatic carbocycles. The largest absolute Gasteiger partial charge is 0.481 e. The molecule has 10 heteroatoms. The normalized spacial score (nSPS) is 18.3. The van der Waals surface area contributed by atoms with Crippen molar-refractivity contribution in [1.82, 2.24) is 14.9 Å². The summed E-state index contributed by atoms with van der Waals surface area (Å²) in [6.07, 6.45) is -0.346. The highest BCUT2D eigenvalue weighted by Crippen LogP contribution is 2.40. The Labute approximate surface area is 247 Å². The van der Waals surface area contributed by atoms with E-state index in [1.807, 2.05) is 91.0 Å². The molecule has 1 aliphatic rings. The minimum atomic E-state index is -1.10. The van der Waals surface area contributed by atoms with E-state index < -0.39 is 47.1 Å². The lowest BCUT2D eigenvalue weighted by Crippen LogP contribution is -2.53. The van der Waals surface area contributed by atoms with Crippen molar-refractivity contribution in [3.8, 4) is 0 Å². The van der Waals surface area contributed by atoms with Gasteiger partial charge in [0.05, 0.1) is 18.4 Å². The third-order valence-corrected chi connectivity index (χ3v) is 7.67. The lowest BCUT2D eigenvalue weighted by Gasteiger charge is -2.40. The van der Waals surface area contributed by atoms with Crippen LogP contribution in [0.4, 0.5) is 0 Å². The summed E-state index contributed by atoms with van der Waals surface area (Å²) < 4.78 is 13.2. The Bertz CT molecular complexity index is 1570. The molecule has 0 spiro atoms. The minimum absolute atomic E-state index is 0.168. The fraction of sp³-hybridized carbons (Fsp3) is 0.273. The van der Waals surface area contributed by atoms with E-state index in [2.05, 4.69) is 10.3 Å². The first kappa shape index (κ1) is 29.7. The van der Waals surface area contributed by atoms with Crippen LogP contribution in [0.2, 0.25) is 0 Å². The number of aryl methyl sites for hydroxylation is 1. The number of H-pyrrole nitrogens is 1.